The molecule has 1 aromatic heterocycles. The van der Waals surface area contributed by atoms with E-state index in [-0.39, 0.29) is 10.7 Å². The van der Waals surface area contributed by atoms with Crippen LogP contribution in [0.15, 0.2) is 30.3 Å². The molecule has 90 valence electrons. The summed E-state index contributed by atoms with van der Waals surface area (Å²) in [5, 5.41) is 11.9. The van der Waals surface area contributed by atoms with Gasteiger partial charge in [-0.05, 0) is 24.3 Å². The summed E-state index contributed by atoms with van der Waals surface area (Å²) in [6.07, 6.45) is 0. The molecule has 3 N–H and O–H groups in total. The van der Waals surface area contributed by atoms with Crippen molar-refractivity contribution in [3.63, 3.8) is 0 Å². The van der Waals surface area contributed by atoms with Gasteiger partial charge in [-0.3, -0.25) is 0 Å². The van der Waals surface area contributed by atoms with Gasteiger partial charge in [-0.25, -0.2) is 9.37 Å². The van der Waals surface area contributed by atoms with Gasteiger partial charge in [0.15, 0.2) is 0 Å². The molecule has 0 unspecified atom stereocenters. The van der Waals surface area contributed by atoms with Crippen molar-refractivity contribution in [1.82, 2.24) is 4.98 Å². The topological polar surface area (TPSA) is 74.7 Å². The van der Waals surface area contributed by atoms with Gasteiger partial charge in [0.25, 0.3) is 0 Å². The van der Waals surface area contributed by atoms with Crippen LogP contribution in [0.4, 0.5) is 21.6 Å². The fourth-order valence-corrected chi connectivity index (χ4v) is 1.63. The third-order valence-electron chi connectivity index (χ3n) is 2.18. The number of pyridine rings is 1. The Labute approximate surface area is 108 Å². The average molecular weight is 263 g/mol. The van der Waals surface area contributed by atoms with Crippen molar-refractivity contribution < 1.29 is 4.39 Å². The number of hydrogen-bond donors (Lipinski definition) is 2. The highest BCUT2D eigenvalue weighted by Gasteiger charge is 2.04. The van der Waals surface area contributed by atoms with Crippen molar-refractivity contribution in [2.24, 2.45) is 0 Å². The Hall–Kier alpha value is -2.32. The number of nitriles is 1. The van der Waals surface area contributed by atoms with Crippen molar-refractivity contribution in [2.75, 3.05) is 11.1 Å². The number of halogens is 2. The normalized spacial score (nSPS) is 9.83. The molecule has 0 amide bonds. The van der Waals surface area contributed by atoms with Gasteiger partial charge in [-0.1, -0.05) is 11.6 Å². The smallest absolute Gasteiger partial charge is 0.141 e. The van der Waals surface area contributed by atoms with Gasteiger partial charge in [0, 0.05) is 17.4 Å². The van der Waals surface area contributed by atoms with E-state index in [1.54, 1.807) is 12.1 Å². The van der Waals surface area contributed by atoms with Crippen LogP contribution in [-0.4, -0.2) is 4.98 Å². The molecule has 0 atom stereocenters. The SMILES string of the molecule is N#Cc1cc(Nc2cc(N)cc(Cl)n2)ccc1F. The second kappa shape index (κ2) is 4.90. The minimum Gasteiger partial charge on any atom is -0.399 e. The zero-order chi connectivity index (χ0) is 13.1. The maximum atomic E-state index is 13.1. The fourth-order valence-electron chi connectivity index (χ4n) is 1.42. The predicted molar refractivity (Wildman–Crippen MR) is 68.1 cm³/mol. The number of nitrogens with zero attached hydrogens (tertiary/aromatic N) is 2. The van der Waals surface area contributed by atoms with Crippen molar-refractivity contribution >= 4 is 28.8 Å². The molecular weight excluding hydrogens is 255 g/mol. The first-order valence-corrected chi connectivity index (χ1v) is 5.36. The van der Waals surface area contributed by atoms with E-state index < -0.39 is 5.82 Å². The molecule has 18 heavy (non-hydrogen) atoms. The predicted octanol–water partition coefficient (Wildman–Crippen LogP) is 3.07. The van der Waals surface area contributed by atoms with Gasteiger partial charge in [0.05, 0.1) is 5.56 Å². The van der Waals surface area contributed by atoms with Crippen molar-refractivity contribution in [3.8, 4) is 6.07 Å². The van der Waals surface area contributed by atoms with E-state index in [9.17, 15) is 4.39 Å². The van der Waals surface area contributed by atoms with E-state index in [1.165, 1.54) is 24.3 Å². The molecule has 2 aromatic rings. The Balaban J connectivity index is 2.31. The summed E-state index contributed by atoms with van der Waals surface area (Å²) in [4.78, 5) is 4.00. The lowest BCUT2D eigenvalue weighted by Gasteiger charge is -2.07. The van der Waals surface area contributed by atoms with Crippen LogP contribution in [0, 0.1) is 17.1 Å². The summed E-state index contributed by atoms with van der Waals surface area (Å²) in [5.41, 5.74) is 6.56. The minimum absolute atomic E-state index is 0.0463. The highest BCUT2D eigenvalue weighted by atomic mass is 35.5. The Morgan fingerprint density at radius 3 is 2.78 bits per heavy atom. The third-order valence-corrected chi connectivity index (χ3v) is 2.37. The second-order valence-corrected chi connectivity index (χ2v) is 3.93. The average Bonchev–Trinajstić information content (AvgIpc) is 2.30. The standard InChI is InChI=1S/C12H8ClFN4/c13-11-4-8(16)5-12(18-11)17-9-1-2-10(14)7(3-9)6-15/h1-5H,(H3,16,17,18). The number of nitrogens with one attached hydrogen (secondary N) is 1. The largest absolute Gasteiger partial charge is 0.399 e. The highest BCUT2D eigenvalue weighted by Crippen LogP contribution is 2.21. The number of nitrogens with two attached hydrogens (primary N) is 1. The maximum Gasteiger partial charge on any atom is 0.141 e. The van der Waals surface area contributed by atoms with E-state index in [0.717, 1.165) is 0 Å². The molecule has 0 aliphatic heterocycles. The molecule has 0 saturated heterocycles. The van der Waals surface area contributed by atoms with E-state index in [1.807, 2.05) is 0 Å². The number of hydrogen-bond acceptors (Lipinski definition) is 4. The number of rotatable bonds is 2. The molecular formula is C12H8ClFN4. The maximum absolute atomic E-state index is 13.1. The zero-order valence-electron chi connectivity index (χ0n) is 9.11. The Morgan fingerprint density at radius 2 is 2.11 bits per heavy atom. The highest BCUT2D eigenvalue weighted by molar-refractivity contribution is 6.29. The molecule has 1 heterocycles. The van der Waals surface area contributed by atoms with E-state index in [2.05, 4.69) is 10.3 Å². The number of nitrogen functional groups attached to an aromatic ring is 1. The zero-order valence-corrected chi connectivity index (χ0v) is 9.87. The minimum atomic E-state index is -0.568. The first-order valence-electron chi connectivity index (χ1n) is 4.98. The third kappa shape index (κ3) is 2.67. The van der Waals surface area contributed by atoms with E-state index >= 15 is 0 Å². The molecule has 0 fully saturated rings. The van der Waals surface area contributed by atoms with Gasteiger partial charge < -0.3 is 11.1 Å². The molecule has 6 heteroatoms. The van der Waals surface area contributed by atoms with Crippen LogP contribution in [-0.2, 0) is 0 Å². The number of benzene rings is 1. The summed E-state index contributed by atoms with van der Waals surface area (Å²) in [6.45, 7) is 0. The lowest BCUT2D eigenvalue weighted by Crippen LogP contribution is -1.97. The van der Waals surface area contributed by atoms with Crippen LogP contribution in [0.25, 0.3) is 0 Å². The number of anilines is 3. The molecule has 0 aliphatic rings. The first kappa shape index (κ1) is 12.1. The molecule has 0 aliphatic carbocycles. The van der Waals surface area contributed by atoms with E-state index in [4.69, 9.17) is 22.6 Å². The monoisotopic (exact) mass is 262 g/mol. The lowest BCUT2D eigenvalue weighted by molar-refractivity contribution is 0.624. The van der Waals surface area contributed by atoms with Crippen LogP contribution < -0.4 is 11.1 Å². The van der Waals surface area contributed by atoms with E-state index in [0.29, 0.717) is 17.2 Å². The lowest BCUT2D eigenvalue weighted by atomic mass is 10.2. The molecule has 0 spiro atoms. The molecule has 0 radical (unpaired) electrons. The van der Waals surface area contributed by atoms with Gasteiger partial charge in [-0.15, -0.1) is 0 Å². The van der Waals surface area contributed by atoms with Gasteiger partial charge in [-0.2, -0.15) is 5.26 Å². The van der Waals surface area contributed by atoms with Gasteiger partial charge in [0.2, 0.25) is 0 Å². The molecule has 4 nitrogen and oxygen atoms in total. The van der Waals surface area contributed by atoms with Crippen molar-refractivity contribution in [2.45, 2.75) is 0 Å². The summed E-state index contributed by atoms with van der Waals surface area (Å²) >= 11 is 5.76. The Kier molecular flexibility index (Phi) is 3.31. The van der Waals surface area contributed by atoms with Crippen LogP contribution >= 0.6 is 11.6 Å². The van der Waals surface area contributed by atoms with Gasteiger partial charge >= 0.3 is 0 Å². The number of aromatic nitrogens is 1. The molecule has 1 aromatic carbocycles. The van der Waals surface area contributed by atoms with Gasteiger partial charge in [0.1, 0.15) is 22.9 Å². The van der Waals surface area contributed by atoms with Crippen molar-refractivity contribution in [3.05, 3.63) is 46.9 Å². The Bertz CT molecular complexity index is 616. The Morgan fingerprint density at radius 1 is 1.33 bits per heavy atom. The first-order chi connectivity index (χ1) is 8.58. The van der Waals surface area contributed by atoms with Crippen molar-refractivity contribution in [1.29, 1.82) is 5.26 Å². The molecule has 0 saturated carbocycles. The molecule has 0 bridgehead atoms. The molecule has 2 rings (SSSR count). The van der Waals surface area contributed by atoms with Crippen LogP contribution in [0.3, 0.4) is 0 Å². The summed E-state index contributed by atoms with van der Waals surface area (Å²) in [7, 11) is 0. The fraction of sp³-hybridized carbons (Fsp3) is 0. The quantitative estimate of drug-likeness (QED) is 0.816. The summed E-state index contributed by atoms with van der Waals surface area (Å²) < 4.78 is 13.1. The van der Waals surface area contributed by atoms with Crippen LogP contribution in [0.1, 0.15) is 5.56 Å². The summed E-state index contributed by atoms with van der Waals surface area (Å²) in [6, 6.07) is 8.94. The second-order valence-electron chi connectivity index (χ2n) is 3.54. The summed E-state index contributed by atoms with van der Waals surface area (Å²) in [5.74, 6) is -0.142. The van der Waals surface area contributed by atoms with Crippen LogP contribution in [0.2, 0.25) is 5.15 Å². The van der Waals surface area contributed by atoms with Crippen LogP contribution in [0.5, 0.6) is 0 Å².